The fourth-order valence-electron chi connectivity index (χ4n) is 5.90. The highest BCUT2D eigenvalue weighted by molar-refractivity contribution is 6.30. The number of nitrogens with one attached hydrogen (secondary N) is 1. The Morgan fingerprint density at radius 3 is 3.00 bits per heavy atom. The van der Waals surface area contributed by atoms with Crippen molar-refractivity contribution in [3.05, 3.63) is 29.0 Å². The molecule has 4 aliphatic rings. The first kappa shape index (κ1) is 17.0. The quantitative estimate of drug-likeness (QED) is 0.879. The van der Waals surface area contributed by atoms with Gasteiger partial charge in [0.2, 0.25) is 0 Å². The van der Waals surface area contributed by atoms with Crippen LogP contribution < -0.4 is 5.32 Å². The Morgan fingerprint density at radius 2 is 2.19 bits per heavy atom. The van der Waals surface area contributed by atoms with E-state index in [2.05, 4.69) is 15.2 Å². The molecule has 1 aliphatic carbocycles. The second-order valence-electron chi connectivity index (χ2n) is 8.50. The maximum absolute atomic E-state index is 12.5. The number of rotatable bonds is 4. The van der Waals surface area contributed by atoms with Gasteiger partial charge in [-0.15, -0.1) is 0 Å². The number of amides is 1. The fourth-order valence-corrected chi connectivity index (χ4v) is 6.07. The van der Waals surface area contributed by atoms with Gasteiger partial charge in [-0.1, -0.05) is 24.4 Å². The van der Waals surface area contributed by atoms with Crippen LogP contribution >= 0.6 is 11.6 Å². The summed E-state index contributed by atoms with van der Waals surface area (Å²) in [6, 6.07) is 2.42. The number of carbonyl (C=O) groups is 1. The predicted octanol–water partition coefficient (Wildman–Crippen LogP) is 2.89. The zero-order chi connectivity index (χ0) is 17.7. The maximum Gasteiger partial charge on any atom is 0.252 e. The Hall–Kier alpha value is -1.17. The average molecular weight is 376 g/mol. The van der Waals surface area contributed by atoms with E-state index in [9.17, 15) is 4.79 Å². The lowest BCUT2D eigenvalue weighted by Gasteiger charge is -2.29. The number of aromatic nitrogens is 1. The van der Waals surface area contributed by atoms with Crippen molar-refractivity contribution in [1.82, 2.24) is 15.2 Å². The summed E-state index contributed by atoms with van der Waals surface area (Å²) in [7, 11) is 0. The second-order valence-corrected chi connectivity index (χ2v) is 8.94. The van der Waals surface area contributed by atoms with Gasteiger partial charge in [-0.2, -0.15) is 0 Å². The van der Waals surface area contributed by atoms with Crippen molar-refractivity contribution in [2.75, 3.05) is 19.6 Å². The Kier molecular flexibility index (Phi) is 4.22. The SMILES string of the molecule is O=C(NC[C@H]1[C@H]2CN(C3CCCC3)C[C@]23CC[C@H]1O3)c1cncc(Cl)c1. The van der Waals surface area contributed by atoms with Crippen LogP contribution in [-0.2, 0) is 4.74 Å². The summed E-state index contributed by atoms with van der Waals surface area (Å²) in [5, 5.41) is 3.60. The zero-order valence-corrected chi connectivity index (χ0v) is 15.8. The van der Waals surface area contributed by atoms with Gasteiger partial charge in [0, 0.05) is 49.9 Å². The Morgan fingerprint density at radius 1 is 1.35 bits per heavy atom. The number of hydrogen-bond acceptors (Lipinski definition) is 4. The molecule has 0 radical (unpaired) electrons. The van der Waals surface area contributed by atoms with Gasteiger partial charge in [0.05, 0.1) is 22.3 Å². The molecule has 4 heterocycles. The lowest BCUT2D eigenvalue weighted by Crippen LogP contribution is -2.41. The number of fused-ring (bicyclic) bond motifs is 1. The third-order valence-corrected chi connectivity index (χ3v) is 7.32. The van der Waals surface area contributed by atoms with Gasteiger partial charge >= 0.3 is 0 Å². The maximum atomic E-state index is 12.5. The van der Waals surface area contributed by atoms with Gasteiger partial charge in [-0.3, -0.25) is 14.7 Å². The summed E-state index contributed by atoms with van der Waals surface area (Å²) >= 11 is 5.95. The summed E-state index contributed by atoms with van der Waals surface area (Å²) in [5.41, 5.74) is 0.579. The smallest absolute Gasteiger partial charge is 0.252 e. The monoisotopic (exact) mass is 375 g/mol. The third-order valence-electron chi connectivity index (χ3n) is 7.12. The molecule has 140 valence electrons. The molecule has 2 bridgehead atoms. The molecule has 4 fully saturated rings. The molecule has 1 saturated carbocycles. The van der Waals surface area contributed by atoms with E-state index in [-0.39, 0.29) is 11.5 Å². The van der Waals surface area contributed by atoms with E-state index in [1.807, 2.05) is 0 Å². The summed E-state index contributed by atoms with van der Waals surface area (Å²) in [6.45, 7) is 2.92. The fraction of sp³-hybridized carbons (Fsp3) is 0.700. The minimum Gasteiger partial charge on any atom is -0.370 e. The highest BCUT2D eigenvalue weighted by Crippen LogP contribution is 2.55. The number of pyridine rings is 1. The number of hydrogen-bond donors (Lipinski definition) is 1. The van der Waals surface area contributed by atoms with Gasteiger partial charge in [0.25, 0.3) is 5.91 Å². The molecule has 0 aromatic carbocycles. The third kappa shape index (κ3) is 2.76. The highest BCUT2D eigenvalue weighted by Gasteiger charge is 2.63. The second kappa shape index (κ2) is 6.47. The summed E-state index contributed by atoms with van der Waals surface area (Å²) < 4.78 is 6.52. The van der Waals surface area contributed by atoms with Gasteiger partial charge in [-0.05, 0) is 31.7 Å². The van der Waals surface area contributed by atoms with Crippen LogP contribution in [0.1, 0.15) is 48.9 Å². The van der Waals surface area contributed by atoms with Crippen molar-refractivity contribution < 1.29 is 9.53 Å². The molecule has 3 aliphatic heterocycles. The molecule has 4 atom stereocenters. The van der Waals surface area contributed by atoms with E-state index in [4.69, 9.17) is 16.3 Å². The van der Waals surface area contributed by atoms with Crippen LogP contribution in [0.15, 0.2) is 18.5 Å². The predicted molar refractivity (Wildman–Crippen MR) is 99.2 cm³/mol. The molecule has 0 unspecified atom stereocenters. The molecule has 1 spiro atoms. The standard InChI is InChI=1S/C20H26ClN3O2/c21-14-7-13(8-22-9-14)19(25)23-10-16-17-11-24(15-3-1-2-4-15)12-20(17)6-5-18(16)26-20/h7-9,15-18H,1-6,10-12H2,(H,23,25)/t16-,17+,18+,20+/m0/s1. The molecule has 3 saturated heterocycles. The first-order chi connectivity index (χ1) is 12.6. The molecule has 26 heavy (non-hydrogen) atoms. The number of likely N-dealkylation sites (tertiary alicyclic amines) is 1. The number of nitrogens with zero attached hydrogens (tertiary/aromatic N) is 2. The molecule has 5 rings (SSSR count). The lowest BCUT2D eigenvalue weighted by molar-refractivity contribution is -0.000874. The summed E-state index contributed by atoms with van der Waals surface area (Å²) in [6.07, 6.45) is 11.2. The van der Waals surface area contributed by atoms with Crippen molar-refractivity contribution in [1.29, 1.82) is 0 Å². The van der Waals surface area contributed by atoms with Crippen LogP contribution in [0.5, 0.6) is 0 Å². The van der Waals surface area contributed by atoms with E-state index in [0.29, 0.717) is 35.1 Å². The molecular formula is C20H26ClN3O2. The average Bonchev–Trinajstić information content (AvgIpc) is 3.39. The minimum absolute atomic E-state index is 0.0558. The van der Waals surface area contributed by atoms with Crippen molar-refractivity contribution >= 4 is 17.5 Å². The molecule has 6 heteroatoms. The summed E-state index contributed by atoms with van der Waals surface area (Å²) in [4.78, 5) is 19.2. The lowest BCUT2D eigenvalue weighted by atomic mass is 9.73. The molecule has 5 nitrogen and oxygen atoms in total. The van der Waals surface area contributed by atoms with Crippen LogP contribution in [0.3, 0.4) is 0 Å². The molecule has 1 aromatic heterocycles. The van der Waals surface area contributed by atoms with Gasteiger partial charge < -0.3 is 10.1 Å². The Labute approximate surface area is 159 Å². The number of halogens is 1. The molecule has 1 aromatic rings. The molecule has 1 amide bonds. The minimum atomic E-state index is -0.0949. The van der Waals surface area contributed by atoms with E-state index in [1.165, 1.54) is 32.1 Å². The van der Waals surface area contributed by atoms with E-state index in [0.717, 1.165) is 25.6 Å². The highest BCUT2D eigenvalue weighted by atomic mass is 35.5. The van der Waals surface area contributed by atoms with E-state index < -0.39 is 0 Å². The first-order valence-corrected chi connectivity index (χ1v) is 10.3. The zero-order valence-electron chi connectivity index (χ0n) is 15.0. The Bertz CT molecular complexity index is 708. The Balaban J connectivity index is 1.26. The van der Waals surface area contributed by atoms with Crippen LogP contribution in [0.4, 0.5) is 0 Å². The van der Waals surface area contributed by atoms with E-state index in [1.54, 1.807) is 18.5 Å². The van der Waals surface area contributed by atoms with Crippen LogP contribution in [0.25, 0.3) is 0 Å². The molecule has 1 N–H and O–H groups in total. The molecular weight excluding hydrogens is 350 g/mol. The largest absolute Gasteiger partial charge is 0.370 e. The van der Waals surface area contributed by atoms with Crippen LogP contribution in [0.2, 0.25) is 5.02 Å². The van der Waals surface area contributed by atoms with Crippen LogP contribution in [-0.4, -0.2) is 53.2 Å². The van der Waals surface area contributed by atoms with Crippen LogP contribution in [0, 0.1) is 11.8 Å². The van der Waals surface area contributed by atoms with E-state index >= 15 is 0 Å². The normalized spacial score (nSPS) is 36.6. The van der Waals surface area contributed by atoms with Crippen molar-refractivity contribution in [2.45, 2.75) is 56.3 Å². The number of carbonyl (C=O) groups excluding carboxylic acids is 1. The summed E-state index contributed by atoms with van der Waals surface area (Å²) in [5.74, 6) is 0.883. The van der Waals surface area contributed by atoms with Crippen molar-refractivity contribution in [3.63, 3.8) is 0 Å². The first-order valence-electron chi connectivity index (χ1n) is 9.95. The van der Waals surface area contributed by atoms with Gasteiger partial charge in [0.1, 0.15) is 0 Å². The number of ether oxygens (including phenoxy) is 1. The van der Waals surface area contributed by atoms with Crippen molar-refractivity contribution in [2.24, 2.45) is 11.8 Å². The van der Waals surface area contributed by atoms with Crippen molar-refractivity contribution in [3.8, 4) is 0 Å². The topological polar surface area (TPSA) is 54.5 Å². The van der Waals surface area contributed by atoms with Gasteiger partial charge in [0.15, 0.2) is 0 Å². The van der Waals surface area contributed by atoms with Gasteiger partial charge in [-0.25, -0.2) is 0 Å².